The second kappa shape index (κ2) is 10.6. The third-order valence-electron chi connectivity index (χ3n) is 7.25. The molecule has 5 rings (SSSR count). The fraction of sp³-hybridized carbons (Fsp3) is 0.267. The molecule has 1 saturated heterocycles. The molecule has 0 aliphatic carbocycles. The van der Waals surface area contributed by atoms with Crippen LogP contribution in [-0.4, -0.2) is 36.4 Å². The van der Waals surface area contributed by atoms with E-state index >= 15 is 0 Å². The third kappa shape index (κ3) is 5.16. The van der Waals surface area contributed by atoms with Gasteiger partial charge in [-0.3, -0.25) is 9.71 Å². The van der Waals surface area contributed by atoms with Gasteiger partial charge in [0.25, 0.3) is 0 Å². The highest BCUT2D eigenvalue weighted by atomic mass is 32.2. The van der Waals surface area contributed by atoms with Crippen LogP contribution in [0.1, 0.15) is 45.9 Å². The van der Waals surface area contributed by atoms with Crippen LogP contribution in [-0.2, 0) is 10.0 Å². The summed E-state index contributed by atoms with van der Waals surface area (Å²) in [6, 6.07) is 19.5. The molecule has 0 saturated carbocycles. The molecular weight excluding hydrogens is 542 g/mol. The highest BCUT2D eigenvalue weighted by Gasteiger charge is 2.42. The number of pyridine rings is 1. The molecule has 0 unspecified atom stereocenters. The number of aryl methyl sites for hydroxylation is 3. The lowest BCUT2D eigenvalue weighted by atomic mass is 9.96. The molecule has 40 heavy (non-hydrogen) atoms. The number of methoxy groups -OCH3 is 1. The van der Waals surface area contributed by atoms with E-state index in [4.69, 9.17) is 17.0 Å². The number of hydrogen-bond donors (Lipinski definition) is 2. The molecule has 0 spiro atoms. The van der Waals surface area contributed by atoms with Gasteiger partial charge in [-0.15, -0.1) is 0 Å². The molecule has 4 aromatic rings. The molecule has 10 heteroatoms. The highest BCUT2D eigenvalue weighted by molar-refractivity contribution is 7.92. The predicted molar refractivity (Wildman–Crippen MR) is 164 cm³/mol. The number of nitrogens with one attached hydrogen (secondary N) is 2. The van der Waals surface area contributed by atoms with Crippen molar-refractivity contribution in [1.29, 1.82) is 0 Å². The Balaban J connectivity index is 1.68. The van der Waals surface area contributed by atoms with Crippen molar-refractivity contribution < 1.29 is 13.2 Å². The van der Waals surface area contributed by atoms with Gasteiger partial charge in [-0.1, -0.05) is 18.2 Å². The lowest BCUT2D eigenvalue weighted by Crippen LogP contribution is -2.29. The summed E-state index contributed by atoms with van der Waals surface area (Å²) >= 11 is 5.92. The fourth-order valence-electron chi connectivity index (χ4n) is 5.48. The van der Waals surface area contributed by atoms with Crippen LogP contribution in [0, 0.1) is 27.7 Å². The second-order valence-electron chi connectivity index (χ2n) is 10.2. The van der Waals surface area contributed by atoms with Crippen molar-refractivity contribution in [1.82, 2.24) is 14.9 Å². The molecular formula is C30H33N5O3S2. The van der Waals surface area contributed by atoms with Crippen LogP contribution in [0.25, 0.3) is 5.69 Å². The zero-order valence-electron chi connectivity index (χ0n) is 23.4. The van der Waals surface area contributed by atoms with E-state index in [0.717, 1.165) is 40.3 Å². The Kier molecular flexibility index (Phi) is 7.32. The lowest BCUT2D eigenvalue weighted by Gasteiger charge is -2.29. The molecule has 0 bridgehead atoms. The number of rotatable bonds is 7. The van der Waals surface area contributed by atoms with Gasteiger partial charge in [-0.2, -0.15) is 0 Å². The molecule has 2 aromatic heterocycles. The van der Waals surface area contributed by atoms with Crippen LogP contribution < -0.4 is 19.7 Å². The standard InChI is InChI=1S/C30H33N5O3S2/c1-18-10-11-19(2)26(15-18)34-20(3)16-23(21(34)4)29-28(25-9-7-8-14-31-25)32-30(39)35(29)22-12-13-24(27(17-22)38-5)33-40(6,36)37/h7-17,28-29,33H,1-6H3,(H,32,39)/t28-,29-/m0/s1. The van der Waals surface area contributed by atoms with Crippen LogP contribution in [0.4, 0.5) is 11.4 Å². The smallest absolute Gasteiger partial charge is 0.229 e. The van der Waals surface area contributed by atoms with Gasteiger partial charge in [0.15, 0.2) is 5.11 Å². The van der Waals surface area contributed by atoms with Gasteiger partial charge >= 0.3 is 0 Å². The maximum Gasteiger partial charge on any atom is 0.229 e. The van der Waals surface area contributed by atoms with Crippen LogP contribution >= 0.6 is 12.2 Å². The maximum absolute atomic E-state index is 11.9. The second-order valence-corrected chi connectivity index (χ2v) is 12.3. The number of anilines is 2. The highest BCUT2D eigenvalue weighted by Crippen LogP contribution is 2.45. The number of sulfonamides is 1. The van der Waals surface area contributed by atoms with Gasteiger partial charge in [-0.05, 0) is 93.0 Å². The number of ether oxygens (including phenoxy) is 1. The molecule has 8 nitrogen and oxygen atoms in total. The normalized spacial score (nSPS) is 17.1. The van der Waals surface area contributed by atoms with Gasteiger partial charge in [-0.25, -0.2) is 8.42 Å². The lowest BCUT2D eigenvalue weighted by molar-refractivity contribution is 0.417. The van der Waals surface area contributed by atoms with E-state index in [1.165, 1.54) is 18.2 Å². The van der Waals surface area contributed by atoms with Crippen molar-refractivity contribution in [2.75, 3.05) is 23.0 Å². The average Bonchev–Trinajstić information content (AvgIpc) is 3.40. The topological polar surface area (TPSA) is 88.5 Å². The monoisotopic (exact) mass is 575 g/mol. The Morgan fingerprint density at radius 3 is 2.48 bits per heavy atom. The number of nitrogens with zero attached hydrogens (tertiary/aromatic N) is 3. The molecule has 0 radical (unpaired) electrons. The van der Waals surface area contributed by atoms with Crippen LogP contribution in [0.2, 0.25) is 0 Å². The van der Waals surface area contributed by atoms with Crippen molar-refractivity contribution in [3.8, 4) is 11.4 Å². The van der Waals surface area contributed by atoms with E-state index in [9.17, 15) is 8.42 Å². The molecule has 1 aliphatic rings. The molecule has 1 fully saturated rings. The van der Waals surface area contributed by atoms with Gasteiger partial charge in [0.2, 0.25) is 10.0 Å². The van der Waals surface area contributed by atoms with Gasteiger partial charge in [0.05, 0.1) is 36.8 Å². The summed E-state index contributed by atoms with van der Waals surface area (Å²) in [5.74, 6) is 0.395. The van der Waals surface area contributed by atoms with E-state index in [-0.39, 0.29) is 12.1 Å². The molecule has 0 amide bonds. The Morgan fingerprint density at radius 1 is 1.02 bits per heavy atom. The zero-order chi connectivity index (χ0) is 28.8. The molecule has 1 aliphatic heterocycles. The summed E-state index contributed by atoms with van der Waals surface area (Å²) in [6.45, 7) is 8.49. The van der Waals surface area contributed by atoms with Gasteiger partial charge in [0.1, 0.15) is 5.75 Å². The minimum atomic E-state index is -3.48. The molecule has 3 heterocycles. The number of benzene rings is 2. The van der Waals surface area contributed by atoms with Crippen LogP contribution in [0.15, 0.2) is 66.9 Å². The largest absolute Gasteiger partial charge is 0.494 e. The van der Waals surface area contributed by atoms with E-state index in [2.05, 4.69) is 76.5 Å². The first-order chi connectivity index (χ1) is 19.0. The minimum Gasteiger partial charge on any atom is -0.494 e. The predicted octanol–water partition coefficient (Wildman–Crippen LogP) is 5.66. The van der Waals surface area contributed by atoms with Crippen LogP contribution in [0.5, 0.6) is 5.75 Å². The number of aromatic nitrogens is 2. The SMILES string of the molecule is COc1cc(N2C(=S)N[C@@H](c3ccccn3)[C@@H]2c2cc(C)n(-c3cc(C)ccc3C)c2C)ccc1NS(C)(=O)=O. The molecule has 2 N–H and O–H groups in total. The van der Waals surface area contributed by atoms with Crippen molar-refractivity contribution in [3.63, 3.8) is 0 Å². The summed E-state index contributed by atoms with van der Waals surface area (Å²) in [7, 11) is -1.97. The number of thiocarbonyl (C=S) groups is 1. The summed E-state index contributed by atoms with van der Waals surface area (Å²) in [4.78, 5) is 6.74. The first-order valence-corrected chi connectivity index (χ1v) is 15.2. The summed E-state index contributed by atoms with van der Waals surface area (Å²) in [5, 5.41) is 4.05. The fourth-order valence-corrected chi connectivity index (χ4v) is 6.39. The minimum absolute atomic E-state index is 0.221. The quantitative estimate of drug-likeness (QED) is 0.275. The Labute approximate surface area is 241 Å². The summed E-state index contributed by atoms with van der Waals surface area (Å²) in [5.41, 5.74) is 8.87. The van der Waals surface area contributed by atoms with E-state index < -0.39 is 10.0 Å². The van der Waals surface area contributed by atoms with E-state index in [0.29, 0.717) is 16.5 Å². The average molecular weight is 576 g/mol. The van der Waals surface area contributed by atoms with Crippen molar-refractivity contribution >= 4 is 38.7 Å². The van der Waals surface area contributed by atoms with E-state index in [1.54, 1.807) is 18.3 Å². The van der Waals surface area contributed by atoms with Crippen molar-refractivity contribution in [3.05, 3.63) is 101 Å². The van der Waals surface area contributed by atoms with Crippen LogP contribution in [0.3, 0.4) is 0 Å². The van der Waals surface area contributed by atoms with Crippen molar-refractivity contribution in [2.45, 2.75) is 39.8 Å². The first kappa shape index (κ1) is 27.7. The zero-order valence-corrected chi connectivity index (χ0v) is 25.0. The Morgan fingerprint density at radius 2 is 1.80 bits per heavy atom. The van der Waals surface area contributed by atoms with E-state index in [1.807, 2.05) is 24.3 Å². The first-order valence-electron chi connectivity index (χ1n) is 12.9. The molecule has 2 atom stereocenters. The molecule has 2 aromatic carbocycles. The number of hydrogen-bond acceptors (Lipinski definition) is 5. The van der Waals surface area contributed by atoms with Gasteiger partial charge < -0.3 is 19.5 Å². The van der Waals surface area contributed by atoms with Crippen molar-refractivity contribution in [2.24, 2.45) is 0 Å². The summed E-state index contributed by atoms with van der Waals surface area (Å²) < 4.78 is 34.2. The Hall–Kier alpha value is -3.89. The van der Waals surface area contributed by atoms with Gasteiger partial charge in [0, 0.05) is 35.0 Å². The molecule has 208 valence electrons. The maximum atomic E-state index is 11.9. The Bertz CT molecular complexity index is 1700. The third-order valence-corrected chi connectivity index (χ3v) is 8.16. The summed E-state index contributed by atoms with van der Waals surface area (Å²) in [6.07, 6.45) is 2.90.